The number of rotatable bonds is 1. The Balaban J connectivity index is 3.08. The van der Waals surface area contributed by atoms with Gasteiger partial charge in [-0.1, -0.05) is 5.16 Å². The fourth-order valence-electron chi connectivity index (χ4n) is 0.716. The Bertz CT molecular complexity index is 266. The highest BCUT2D eigenvalue weighted by molar-refractivity contribution is 5.78. The molecule has 1 rings (SSSR count). The third kappa shape index (κ3) is 2.00. The van der Waals surface area contributed by atoms with E-state index < -0.39 is 11.6 Å². The molecule has 0 amide bonds. The number of hydrogen-bond acceptors (Lipinski definition) is 2. The van der Waals surface area contributed by atoms with Gasteiger partial charge < -0.3 is 5.21 Å². The molecule has 1 N–H and O–H groups in total. The van der Waals surface area contributed by atoms with Gasteiger partial charge in [-0.05, 0) is 12.1 Å². The summed E-state index contributed by atoms with van der Waals surface area (Å²) < 4.78 is 24.7. The van der Waals surface area contributed by atoms with Crippen molar-refractivity contribution < 1.29 is 14.0 Å². The summed E-state index contributed by atoms with van der Waals surface area (Å²) in [6.45, 7) is 0. The Kier molecular flexibility index (Phi) is 2.15. The van der Waals surface area contributed by atoms with Crippen LogP contribution < -0.4 is 0 Å². The Morgan fingerprint density at radius 3 is 2.18 bits per heavy atom. The summed E-state index contributed by atoms with van der Waals surface area (Å²) in [5, 5.41) is 10.7. The van der Waals surface area contributed by atoms with Crippen molar-refractivity contribution in [3.8, 4) is 0 Å². The van der Waals surface area contributed by atoms with E-state index in [9.17, 15) is 8.78 Å². The molecule has 0 aliphatic rings. The first-order valence-electron chi connectivity index (χ1n) is 2.86. The summed E-state index contributed by atoms with van der Waals surface area (Å²) in [4.78, 5) is 0. The van der Waals surface area contributed by atoms with Gasteiger partial charge in [-0.15, -0.1) is 0 Å². The lowest BCUT2D eigenvalue weighted by molar-refractivity contribution is 0.322. The molecule has 1 aromatic rings. The molecule has 0 heterocycles. The van der Waals surface area contributed by atoms with Gasteiger partial charge in [-0.2, -0.15) is 0 Å². The lowest BCUT2D eigenvalue weighted by Crippen LogP contribution is -1.86. The highest BCUT2D eigenvalue weighted by Gasteiger charge is 1.97. The molecule has 0 spiro atoms. The van der Waals surface area contributed by atoms with E-state index in [-0.39, 0.29) is 5.56 Å². The first kappa shape index (κ1) is 7.65. The van der Waals surface area contributed by atoms with Gasteiger partial charge >= 0.3 is 0 Å². The van der Waals surface area contributed by atoms with Crippen LogP contribution in [0, 0.1) is 11.6 Å². The number of benzene rings is 1. The molecule has 0 atom stereocenters. The predicted octanol–water partition coefficient (Wildman–Crippen LogP) is 1.77. The summed E-state index contributed by atoms with van der Waals surface area (Å²) in [7, 11) is 0. The topological polar surface area (TPSA) is 32.6 Å². The maximum Gasteiger partial charge on any atom is 0.126 e. The van der Waals surface area contributed by atoms with Gasteiger partial charge in [0.25, 0.3) is 0 Å². The van der Waals surface area contributed by atoms with Crippen LogP contribution in [-0.2, 0) is 0 Å². The summed E-state index contributed by atoms with van der Waals surface area (Å²) in [6.07, 6.45) is 0.951. The van der Waals surface area contributed by atoms with E-state index in [1.54, 1.807) is 0 Å². The van der Waals surface area contributed by atoms with Gasteiger partial charge in [0.2, 0.25) is 0 Å². The van der Waals surface area contributed by atoms with Crippen LogP contribution in [0.25, 0.3) is 0 Å². The summed E-state index contributed by atoms with van der Waals surface area (Å²) in [5.74, 6) is -1.39. The lowest BCUT2D eigenvalue weighted by atomic mass is 10.2. The van der Waals surface area contributed by atoms with Crippen molar-refractivity contribution in [2.75, 3.05) is 0 Å². The maximum absolute atomic E-state index is 12.4. The molecule has 0 radical (unpaired) electrons. The van der Waals surface area contributed by atoms with Crippen LogP contribution in [0.1, 0.15) is 5.56 Å². The predicted molar refractivity (Wildman–Crippen MR) is 35.7 cm³/mol. The monoisotopic (exact) mass is 157 g/mol. The van der Waals surface area contributed by atoms with Gasteiger partial charge in [0.15, 0.2) is 0 Å². The standard InChI is InChI=1S/C7H5F2NO/c8-6-1-5(4-10-11)2-7(9)3-6/h1-4,11H/b10-4+. The van der Waals surface area contributed by atoms with E-state index >= 15 is 0 Å². The fraction of sp³-hybridized carbons (Fsp3) is 0. The molecule has 2 nitrogen and oxygen atoms in total. The van der Waals surface area contributed by atoms with Crippen LogP contribution in [0.2, 0.25) is 0 Å². The molecule has 0 aliphatic carbocycles. The number of nitrogens with zero attached hydrogens (tertiary/aromatic N) is 1. The molecule has 4 heteroatoms. The smallest absolute Gasteiger partial charge is 0.126 e. The Morgan fingerprint density at radius 2 is 1.73 bits per heavy atom. The molecule has 0 saturated carbocycles. The molecule has 0 fully saturated rings. The minimum Gasteiger partial charge on any atom is -0.411 e. The molecular formula is C7H5F2NO. The van der Waals surface area contributed by atoms with Crippen molar-refractivity contribution in [2.24, 2.45) is 5.16 Å². The highest BCUT2D eigenvalue weighted by Crippen LogP contribution is 2.05. The van der Waals surface area contributed by atoms with Crippen LogP contribution in [0.15, 0.2) is 23.4 Å². The first-order valence-corrected chi connectivity index (χ1v) is 2.86. The van der Waals surface area contributed by atoms with Crippen molar-refractivity contribution in [3.63, 3.8) is 0 Å². The minimum atomic E-state index is -0.695. The van der Waals surface area contributed by atoms with E-state index in [1.807, 2.05) is 0 Å². The van der Waals surface area contributed by atoms with Crippen LogP contribution in [-0.4, -0.2) is 11.4 Å². The largest absolute Gasteiger partial charge is 0.411 e. The second-order valence-corrected chi connectivity index (χ2v) is 1.95. The van der Waals surface area contributed by atoms with Crippen molar-refractivity contribution in [1.82, 2.24) is 0 Å². The number of halogens is 2. The molecule has 0 bridgehead atoms. The quantitative estimate of drug-likeness (QED) is 0.376. The van der Waals surface area contributed by atoms with E-state index in [4.69, 9.17) is 5.21 Å². The second kappa shape index (κ2) is 3.09. The molecule has 1 aromatic carbocycles. The van der Waals surface area contributed by atoms with Gasteiger partial charge in [-0.3, -0.25) is 0 Å². The molecule has 0 unspecified atom stereocenters. The van der Waals surface area contributed by atoms with Crippen LogP contribution in [0.5, 0.6) is 0 Å². The third-order valence-corrected chi connectivity index (χ3v) is 1.09. The van der Waals surface area contributed by atoms with Gasteiger partial charge in [0, 0.05) is 11.6 Å². The van der Waals surface area contributed by atoms with E-state index in [0.29, 0.717) is 0 Å². The lowest BCUT2D eigenvalue weighted by Gasteiger charge is -1.92. The molecule has 0 saturated heterocycles. The fourth-order valence-corrected chi connectivity index (χ4v) is 0.716. The first-order chi connectivity index (χ1) is 5.22. The van der Waals surface area contributed by atoms with E-state index in [2.05, 4.69) is 5.16 Å². The van der Waals surface area contributed by atoms with Crippen LogP contribution in [0.3, 0.4) is 0 Å². The maximum atomic E-state index is 12.4. The number of oxime groups is 1. The van der Waals surface area contributed by atoms with Gasteiger partial charge in [0.1, 0.15) is 11.6 Å². The zero-order valence-electron chi connectivity index (χ0n) is 5.46. The second-order valence-electron chi connectivity index (χ2n) is 1.95. The zero-order valence-corrected chi connectivity index (χ0v) is 5.46. The Labute approximate surface area is 61.8 Å². The zero-order chi connectivity index (χ0) is 8.27. The molecule has 11 heavy (non-hydrogen) atoms. The SMILES string of the molecule is O/N=C/c1cc(F)cc(F)c1. The van der Waals surface area contributed by atoms with Crippen LogP contribution in [0.4, 0.5) is 8.78 Å². The summed E-state index contributed by atoms with van der Waals surface area (Å²) in [5.41, 5.74) is 0.185. The third-order valence-electron chi connectivity index (χ3n) is 1.09. The Hall–Kier alpha value is -1.45. The summed E-state index contributed by atoms with van der Waals surface area (Å²) >= 11 is 0. The van der Waals surface area contributed by atoms with Crippen molar-refractivity contribution >= 4 is 6.21 Å². The van der Waals surface area contributed by atoms with Gasteiger partial charge in [-0.25, -0.2) is 8.78 Å². The highest BCUT2D eigenvalue weighted by atomic mass is 19.1. The average molecular weight is 157 g/mol. The van der Waals surface area contributed by atoms with Crippen molar-refractivity contribution in [2.45, 2.75) is 0 Å². The molecular weight excluding hydrogens is 152 g/mol. The Morgan fingerprint density at radius 1 is 1.18 bits per heavy atom. The average Bonchev–Trinajstić information content (AvgIpc) is 1.85. The molecule has 0 aromatic heterocycles. The normalized spacial score (nSPS) is 10.7. The summed E-state index contributed by atoms with van der Waals surface area (Å²) in [6, 6.07) is 2.86. The van der Waals surface area contributed by atoms with Crippen molar-refractivity contribution in [1.29, 1.82) is 0 Å². The van der Waals surface area contributed by atoms with E-state index in [0.717, 1.165) is 24.4 Å². The van der Waals surface area contributed by atoms with Crippen LogP contribution >= 0.6 is 0 Å². The molecule has 58 valence electrons. The minimum absolute atomic E-state index is 0.185. The van der Waals surface area contributed by atoms with Gasteiger partial charge in [0.05, 0.1) is 6.21 Å². The molecule has 0 aliphatic heterocycles. The van der Waals surface area contributed by atoms with E-state index in [1.165, 1.54) is 0 Å². The van der Waals surface area contributed by atoms with Crippen molar-refractivity contribution in [3.05, 3.63) is 35.4 Å². The number of hydrogen-bond donors (Lipinski definition) is 1.